The number of methoxy groups -OCH3 is 2. The van der Waals surface area contributed by atoms with Gasteiger partial charge in [-0.3, -0.25) is 14.2 Å². The Hall–Kier alpha value is -4.72. The number of rotatable bonds is 6. The number of nitrogens with zero attached hydrogens (tertiary/aromatic N) is 3. The van der Waals surface area contributed by atoms with Crippen LogP contribution in [0.3, 0.4) is 0 Å². The molecule has 0 saturated carbocycles. The molecule has 180 valence electrons. The zero-order valence-corrected chi connectivity index (χ0v) is 19.9. The molecular weight excluding hydrogens is 459 g/mol. The number of fused-ring (bicyclic) bond motifs is 1. The number of imidazole rings is 1. The van der Waals surface area contributed by atoms with Crippen LogP contribution in [0.25, 0.3) is 28.0 Å². The number of hydrogen-bond acceptors (Lipinski definition) is 5. The molecule has 3 aromatic heterocycles. The smallest absolute Gasteiger partial charge is 0.274 e. The summed E-state index contributed by atoms with van der Waals surface area (Å²) < 4.78 is 26.2. The third-order valence-electron chi connectivity index (χ3n) is 5.93. The van der Waals surface area contributed by atoms with Crippen molar-refractivity contribution in [3.05, 3.63) is 96.3 Å². The number of pyridine rings is 2. The number of halogens is 1. The highest BCUT2D eigenvalue weighted by molar-refractivity contribution is 6.03. The van der Waals surface area contributed by atoms with Crippen LogP contribution >= 0.6 is 0 Å². The maximum Gasteiger partial charge on any atom is 0.274 e. The minimum atomic E-state index is -0.326. The van der Waals surface area contributed by atoms with Gasteiger partial charge in [-0.2, -0.15) is 0 Å². The van der Waals surface area contributed by atoms with Crippen molar-refractivity contribution >= 4 is 17.2 Å². The Bertz CT molecular complexity index is 1600. The molecule has 2 aromatic carbocycles. The molecule has 0 bridgehead atoms. The minimum Gasteiger partial charge on any atom is -0.493 e. The predicted molar refractivity (Wildman–Crippen MR) is 136 cm³/mol. The first kappa shape index (κ1) is 23.0. The molecule has 0 fully saturated rings. The second-order valence-corrected chi connectivity index (χ2v) is 8.18. The van der Waals surface area contributed by atoms with Crippen LogP contribution < -0.4 is 14.8 Å². The lowest BCUT2D eigenvalue weighted by molar-refractivity contribution is 0.102. The van der Waals surface area contributed by atoms with Crippen LogP contribution in [0, 0.1) is 12.7 Å². The number of hydrogen-bond donors (Lipinski definition) is 1. The number of amides is 1. The maximum absolute atomic E-state index is 13.9. The monoisotopic (exact) mass is 482 g/mol. The van der Waals surface area contributed by atoms with E-state index in [-0.39, 0.29) is 11.7 Å². The number of aromatic nitrogens is 3. The number of anilines is 1. The molecule has 0 atom stereocenters. The van der Waals surface area contributed by atoms with Crippen LogP contribution in [-0.4, -0.2) is 34.5 Å². The third-order valence-corrected chi connectivity index (χ3v) is 5.93. The Morgan fingerprint density at radius 3 is 2.53 bits per heavy atom. The van der Waals surface area contributed by atoms with Crippen molar-refractivity contribution in [2.45, 2.75) is 6.92 Å². The molecule has 0 aliphatic heterocycles. The maximum atomic E-state index is 13.9. The number of aryl methyl sites for hydroxylation is 1. The third kappa shape index (κ3) is 4.24. The van der Waals surface area contributed by atoms with Gasteiger partial charge in [0.15, 0.2) is 11.5 Å². The van der Waals surface area contributed by atoms with Crippen molar-refractivity contribution in [3.8, 4) is 33.9 Å². The van der Waals surface area contributed by atoms with Crippen LogP contribution in [-0.2, 0) is 0 Å². The van der Waals surface area contributed by atoms with Gasteiger partial charge in [-0.25, -0.2) is 9.37 Å². The van der Waals surface area contributed by atoms with Gasteiger partial charge in [0.05, 0.1) is 26.1 Å². The van der Waals surface area contributed by atoms with E-state index >= 15 is 0 Å². The molecule has 5 rings (SSSR count). The Morgan fingerprint density at radius 1 is 0.944 bits per heavy atom. The largest absolute Gasteiger partial charge is 0.493 e. The standard InChI is InChI=1S/C28H23FN4O3/c1-17-13-18(6-9-22(17)29)27-21(5-4-12-30-27)19-7-11-26-31-15-23(33(26)16-19)28(34)32-20-8-10-24(35-2)25(14-20)36-3/h4-16H,1-3H3,(H,32,34). The van der Waals surface area contributed by atoms with Gasteiger partial charge in [0.25, 0.3) is 5.91 Å². The molecular formula is C28H23FN4O3. The zero-order valence-electron chi connectivity index (χ0n) is 19.9. The van der Waals surface area contributed by atoms with Gasteiger partial charge in [-0.05, 0) is 61.0 Å². The van der Waals surface area contributed by atoms with Crippen LogP contribution in [0.5, 0.6) is 11.5 Å². The van der Waals surface area contributed by atoms with Crippen molar-refractivity contribution in [2.75, 3.05) is 19.5 Å². The van der Waals surface area contributed by atoms with E-state index in [9.17, 15) is 9.18 Å². The molecule has 0 saturated heterocycles. The Balaban J connectivity index is 1.52. The molecule has 0 aliphatic carbocycles. The zero-order chi connectivity index (χ0) is 25.2. The van der Waals surface area contributed by atoms with E-state index in [0.29, 0.717) is 34.1 Å². The normalized spacial score (nSPS) is 10.9. The highest BCUT2D eigenvalue weighted by Gasteiger charge is 2.16. The summed E-state index contributed by atoms with van der Waals surface area (Å²) in [5.41, 5.74) is 5.31. The molecule has 1 amide bonds. The average Bonchev–Trinajstić information content (AvgIpc) is 3.33. The molecule has 3 heterocycles. The van der Waals surface area contributed by atoms with Crippen LogP contribution in [0.15, 0.2) is 79.3 Å². The van der Waals surface area contributed by atoms with Gasteiger partial charge in [0.1, 0.15) is 17.2 Å². The van der Waals surface area contributed by atoms with Crippen molar-refractivity contribution in [1.82, 2.24) is 14.4 Å². The molecule has 7 nitrogen and oxygen atoms in total. The Kier molecular flexibility index (Phi) is 6.08. The SMILES string of the molecule is COc1ccc(NC(=O)c2cnc3ccc(-c4cccnc4-c4ccc(F)c(C)c4)cn23)cc1OC. The topological polar surface area (TPSA) is 77.8 Å². The lowest BCUT2D eigenvalue weighted by Crippen LogP contribution is -2.14. The average molecular weight is 483 g/mol. The first-order valence-corrected chi connectivity index (χ1v) is 11.2. The fraction of sp³-hybridized carbons (Fsp3) is 0.107. The summed E-state index contributed by atoms with van der Waals surface area (Å²) in [7, 11) is 3.09. The predicted octanol–water partition coefficient (Wildman–Crippen LogP) is 5.78. The fourth-order valence-corrected chi connectivity index (χ4v) is 4.08. The van der Waals surface area contributed by atoms with Crippen LogP contribution in [0.2, 0.25) is 0 Å². The minimum absolute atomic E-state index is 0.263. The van der Waals surface area contributed by atoms with E-state index in [0.717, 1.165) is 22.4 Å². The second kappa shape index (κ2) is 9.50. The van der Waals surface area contributed by atoms with Crippen molar-refractivity contribution in [2.24, 2.45) is 0 Å². The van der Waals surface area contributed by atoms with E-state index < -0.39 is 0 Å². The van der Waals surface area contributed by atoms with Gasteiger partial charge in [-0.1, -0.05) is 6.07 Å². The summed E-state index contributed by atoms with van der Waals surface area (Å²) in [6, 6.07) is 17.6. The fourth-order valence-electron chi connectivity index (χ4n) is 4.08. The molecule has 36 heavy (non-hydrogen) atoms. The number of carbonyl (C=O) groups is 1. The first-order chi connectivity index (χ1) is 17.5. The summed E-state index contributed by atoms with van der Waals surface area (Å²) in [4.78, 5) is 22.1. The Morgan fingerprint density at radius 2 is 1.75 bits per heavy atom. The van der Waals surface area contributed by atoms with E-state index in [1.807, 2.05) is 30.5 Å². The second-order valence-electron chi connectivity index (χ2n) is 8.18. The van der Waals surface area contributed by atoms with E-state index in [2.05, 4.69) is 15.3 Å². The number of nitrogens with one attached hydrogen (secondary N) is 1. The highest BCUT2D eigenvalue weighted by atomic mass is 19.1. The lowest BCUT2D eigenvalue weighted by atomic mass is 9.99. The van der Waals surface area contributed by atoms with Gasteiger partial charge in [0.2, 0.25) is 0 Å². The van der Waals surface area contributed by atoms with Gasteiger partial charge in [0, 0.05) is 40.8 Å². The summed E-state index contributed by atoms with van der Waals surface area (Å²) in [6.07, 6.45) is 5.08. The van der Waals surface area contributed by atoms with E-state index in [1.165, 1.54) is 19.4 Å². The number of benzene rings is 2. The number of ether oxygens (including phenoxy) is 2. The summed E-state index contributed by atoms with van der Waals surface area (Å²) in [6.45, 7) is 1.72. The van der Waals surface area contributed by atoms with Crippen LogP contribution in [0.1, 0.15) is 16.1 Å². The van der Waals surface area contributed by atoms with Crippen molar-refractivity contribution < 1.29 is 18.7 Å². The molecule has 0 aliphatic rings. The molecule has 5 aromatic rings. The van der Waals surface area contributed by atoms with Crippen LogP contribution in [0.4, 0.5) is 10.1 Å². The van der Waals surface area contributed by atoms with Gasteiger partial charge < -0.3 is 14.8 Å². The molecule has 0 spiro atoms. The lowest BCUT2D eigenvalue weighted by Gasteiger charge is -2.12. The summed E-state index contributed by atoms with van der Waals surface area (Å²) in [5.74, 6) is 0.489. The summed E-state index contributed by atoms with van der Waals surface area (Å²) >= 11 is 0. The van der Waals surface area contributed by atoms with Gasteiger partial charge in [-0.15, -0.1) is 0 Å². The first-order valence-electron chi connectivity index (χ1n) is 11.2. The number of carbonyl (C=O) groups excluding carboxylic acids is 1. The van der Waals surface area contributed by atoms with Gasteiger partial charge >= 0.3 is 0 Å². The highest BCUT2D eigenvalue weighted by Crippen LogP contribution is 2.32. The van der Waals surface area contributed by atoms with Crippen molar-refractivity contribution in [3.63, 3.8) is 0 Å². The summed E-state index contributed by atoms with van der Waals surface area (Å²) in [5, 5.41) is 2.89. The Labute approximate surface area is 207 Å². The molecule has 0 unspecified atom stereocenters. The molecule has 8 heteroatoms. The van der Waals surface area contributed by atoms with E-state index in [4.69, 9.17) is 9.47 Å². The quantitative estimate of drug-likeness (QED) is 0.332. The van der Waals surface area contributed by atoms with Crippen molar-refractivity contribution in [1.29, 1.82) is 0 Å². The molecule has 0 radical (unpaired) electrons. The van der Waals surface area contributed by atoms with E-state index in [1.54, 1.807) is 55.0 Å². The molecule has 1 N–H and O–H groups in total.